The average molecular weight is 283 g/mol. The number of aliphatic hydroxyl groups excluding tert-OH is 1. The van der Waals surface area contributed by atoms with Gasteiger partial charge in [0.15, 0.2) is 6.10 Å². The predicted molar refractivity (Wildman–Crippen MR) is 58.3 cm³/mol. The van der Waals surface area contributed by atoms with E-state index in [2.05, 4.69) is 0 Å². The van der Waals surface area contributed by atoms with Gasteiger partial charge in [-0.05, 0) is 12.1 Å². The van der Waals surface area contributed by atoms with E-state index in [1.807, 2.05) is 0 Å². The van der Waals surface area contributed by atoms with E-state index in [-0.39, 0.29) is 4.90 Å². The quantitative estimate of drug-likeness (QED) is 0.904. The highest BCUT2D eigenvalue weighted by molar-refractivity contribution is 7.89. The zero-order valence-corrected chi connectivity index (χ0v) is 10.2. The fourth-order valence-corrected chi connectivity index (χ4v) is 2.42. The number of halogens is 3. The Morgan fingerprint density at radius 2 is 1.78 bits per heavy atom. The number of hydrogen-bond acceptors (Lipinski definition) is 3. The van der Waals surface area contributed by atoms with Gasteiger partial charge >= 0.3 is 6.18 Å². The Morgan fingerprint density at radius 3 is 2.22 bits per heavy atom. The van der Waals surface area contributed by atoms with E-state index in [0.29, 0.717) is 4.31 Å². The molecule has 1 aromatic rings. The van der Waals surface area contributed by atoms with Crippen molar-refractivity contribution < 1.29 is 26.7 Å². The molecule has 4 nitrogen and oxygen atoms in total. The van der Waals surface area contributed by atoms with E-state index >= 15 is 0 Å². The molecular formula is C10H12F3NO3S. The van der Waals surface area contributed by atoms with Gasteiger partial charge in [-0.1, -0.05) is 18.2 Å². The third kappa shape index (κ3) is 3.44. The molecule has 0 aliphatic heterocycles. The third-order valence-corrected chi connectivity index (χ3v) is 4.10. The number of likely N-dealkylation sites (N-methyl/N-ethyl adjacent to an activating group) is 1. The molecule has 1 rings (SSSR count). The van der Waals surface area contributed by atoms with Crippen molar-refractivity contribution in [1.29, 1.82) is 0 Å². The number of benzene rings is 1. The lowest BCUT2D eigenvalue weighted by molar-refractivity contribution is -0.204. The first kappa shape index (κ1) is 14.9. The van der Waals surface area contributed by atoms with Crippen LogP contribution in [0.1, 0.15) is 0 Å². The maximum Gasteiger partial charge on any atom is 0.415 e. The summed E-state index contributed by atoms with van der Waals surface area (Å²) in [4.78, 5) is -0.123. The minimum absolute atomic E-state index is 0.123. The molecule has 0 unspecified atom stereocenters. The Kier molecular flexibility index (Phi) is 4.36. The van der Waals surface area contributed by atoms with Crippen LogP contribution in [0.15, 0.2) is 35.2 Å². The van der Waals surface area contributed by atoms with Gasteiger partial charge in [0.2, 0.25) is 10.0 Å². The Bertz CT molecular complexity index is 487. The molecule has 0 aromatic heterocycles. The van der Waals surface area contributed by atoms with Gasteiger partial charge in [0, 0.05) is 13.6 Å². The molecule has 0 spiro atoms. The van der Waals surface area contributed by atoms with Gasteiger partial charge in [0.1, 0.15) is 0 Å². The third-order valence-electron chi connectivity index (χ3n) is 2.26. The zero-order valence-electron chi connectivity index (χ0n) is 9.42. The lowest BCUT2D eigenvalue weighted by Gasteiger charge is -2.22. The summed E-state index contributed by atoms with van der Waals surface area (Å²) in [7, 11) is -3.04. The van der Waals surface area contributed by atoms with Crippen LogP contribution in [0.4, 0.5) is 13.2 Å². The molecule has 1 atom stereocenters. The Morgan fingerprint density at radius 1 is 1.28 bits per heavy atom. The van der Waals surface area contributed by atoms with Gasteiger partial charge in [-0.3, -0.25) is 0 Å². The minimum Gasteiger partial charge on any atom is -0.382 e. The van der Waals surface area contributed by atoms with Gasteiger partial charge in [-0.2, -0.15) is 17.5 Å². The van der Waals surface area contributed by atoms with Crippen LogP contribution >= 0.6 is 0 Å². The molecule has 8 heteroatoms. The molecule has 0 fully saturated rings. The Balaban J connectivity index is 2.88. The lowest BCUT2D eigenvalue weighted by atomic mass is 10.3. The van der Waals surface area contributed by atoms with Gasteiger partial charge in [0.05, 0.1) is 4.90 Å². The summed E-state index contributed by atoms with van der Waals surface area (Å²) < 4.78 is 60.5. The number of nitrogens with zero attached hydrogens (tertiary/aromatic N) is 1. The molecule has 18 heavy (non-hydrogen) atoms. The molecule has 0 bridgehead atoms. The number of hydrogen-bond donors (Lipinski definition) is 1. The number of aliphatic hydroxyl groups is 1. The molecule has 1 N–H and O–H groups in total. The standard InChI is InChI=1S/C10H12F3NO3S/c1-14(7-9(15)10(11,12)13)18(16,17)8-5-3-2-4-6-8/h2-6,9,15H,7H2,1H3/t9-/m1/s1. The second-order valence-electron chi connectivity index (χ2n) is 3.66. The molecule has 0 aliphatic carbocycles. The van der Waals surface area contributed by atoms with Crippen molar-refractivity contribution in [2.75, 3.05) is 13.6 Å². The minimum atomic E-state index is -4.85. The van der Waals surface area contributed by atoms with Crippen LogP contribution in [0.25, 0.3) is 0 Å². The maximum atomic E-state index is 12.1. The SMILES string of the molecule is CN(C[C@@H](O)C(F)(F)F)S(=O)(=O)c1ccccc1. The molecule has 0 saturated carbocycles. The summed E-state index contributed by atoms with van der Waals surface area (Å²) in [6.45, 7) is -1.04. The van der Waals surface area contributed by atoms with Crippen LogP contribution in [0.5, 0.6) is 0 Å². The first-order chi connectivity index (χ1) is 8.15. The summed E-state index contributed by atoms with van der Waals surface area (Å²) in [5.74, 6) is 0. The molecule has 102 valence electrons. The first-order valence-electron chi connectivity index (χ1n) is 4.92. The van der Waals surface area contributed by atoms with E-state index < -0.39 is 28.8 Å². The van der Waals surface area contributed by atoms with E-state index in [4.69, 9.17) is 5.11 Å². The molecule has 0 radical (unpaired) electrons. The van der Waals surface area contributed by atoms with Crippen molar-refractivity contribution in [2.45, 2.75) is 17.2 Å². The van der Waals surface area contributed by atoms with Crippen LogP contribution in [0.2, 0.25) is 0 Å². The normalized spacial score (nSPS) is 14.8. The van der Waals surface area contributed by atoms with E-state index in [0.717, 1.165) is 7.05 Å². The average Bonchev–Trinajstić information content (AvgIpc) is 2.28. The van der Waals surface area contributed by atoms with Gasteiger partial charge < -0.3 is 5.11 Å². The number of rotatable bonds is 4. The summed E-state index contributed by atoms with van der Waals surface area (Å²) in [5.41, 5.74) is 0. The highest BCUT2D eigenvalue weighted by Gasteiger charge is 2.40. The predicted octanol–water partition coefficient (Wildman–Crippen LogP) is 1.23. The molecule has 1 aromatic carbocycles. The van der Waals surface area contributed by atoms with Crippen molar-refractivity contribution in [3.05, 3.63) is 30.3 Å². The Hall–Kier alpha value is -1.12. The van der Waals surface area contributed by atoms with Crippen molar-refractivity contribution in [3.8, 4) is 0 Å². The van der Waals surface area contributed by atoms with Crippen LogP contribution in [-0.2, 0) is 10.0 Å². The second kappa shape index (κ2) is 5.25. The van der Waals surface area contributed by atoms with Crippen LogP contribution in [0, 0.1) is 0 Å². The van der Waals surface area contributed by atoms with E-state index in [1.165, 1.54) is 24.3 Å². The number of alkyl halides is 3. The smallest absolute Gasteiger partial charge is 0.382 e. The summed E-state index contributed by atoms with van der Waals surface area (Å²) >= 11 is 0. The largest absolute Gasteiger partial charge is 0.415 e. The summed E-state index contributed by atoms with van der Waals surface area (Å²) in [6, 6.07) is 7.04. The molecule has 0 saturated heterocycles. The van der Waals surface area contributed by atoms with Crippen LogP contribution < -0.4 is 0 Å². The number of sulfonamides is 1. The van der Waals surface area contributed by atoms with Crippen LogP contribution in [-0.4, -0.2) is 43.7 Å². The zero-order chi connectivity index (χ0) is 14.0. The molecule has 0 heterocycles. The Labute approximate surface area is 103 Å². The van der Waals surface area contributed by atoms with Gasteiger partial charge in [-0.15, -0.1) is 0 Å². The second-order valence-corrected chi connectivity index (χ2v) is 5.70. The van der Waals surface area contributed by atoms with E-state index in [9.17, 15) is 21.6 Å². The van der Waals surface area contributed by atoms with E-state index in [1.54, 1.807) is 6.07 Å². The lowest BCUT2D eigenvalue weighted by Crippen LogP contribution is -2.41. The maximum absolute atomic E-state index is 12.1. The van der Waals surface area contributed by atoms with Crippen molar-refractivity contribution in [1.82, 2.24) is 4.31 Å². The van der Waals surface area contributed by atoms with Gasteiger partial charge in [0.25, 0.3) is 0 Å². The molecular weight excluding hydrogens is 271 g/mol. The van der Waals surface area contributed by atoms with Crippen molar-refractivity contribution in [2.24, 2.45) is 0 Å². The fourth-order valence-electron chi connectivity index (χ4n) is 1.22. The fraction of sp³-hybridized carbons (Fsp3) is 0.400. The topological polar surface area (TPSA) is 57.6 Å². The van der Waals surface area contributed by atoms with Gasteiger partial charge in [-0.25, -0.2) is 8.42 Å². The summed E-state index contributed by atoms with van der Waals surface area (Å²) in [6.07, 6.45) is -7.55. The monoisotopic (exact) mass is 283 g/mol. The molecule has 0 aliphatic rings. The highest BCUT2D eigenvalue weighted by Crippen LogP contribution is 2.22. The first-order valence-corrected chi connectivity index (χ1v) is 6.36. The molecule has 0 amide bonds. The van der Waals surface area contributed by atoms with Crippen molar-refractivity contribution >= 4 is 10.0 Å². The highest BCUT2D eigenvalue weighted by atomic mass is 32.2. The van der Waals surface area contributed by atoms with Crippen LogP contribution in [0.3, 0.4) is 0 Å². The van der Waals surface area contributed by atoms with Crippen molar-refractivity contribution in [3.63, 3.8) is 0 Å². The summed E-state index contributed by atoms with van der Waals surface area (Å²) in [5, 5.41) is 8.84.